The number of amides is 1. The highest BCUT2D eigenvalue weighted by molar-refractivity contribution is 5.94. The molecular weight excluding hydrogens is 302 g/mol. The van der Waals surface area contributed by atoms with Crippen molar-refractivity contribution >= 4 is 5.91 Å². The van der Waals surface area contributed by atoms with Crippen LogP contribution in [0.2, 0.25) is 0 Å². The lowest BCUT2D eigenvalue weighted by molar-refractivity contribution is 0.0951. The van der Waals surface area contributed by atoms with Gasteiger partial charge in [0, 0.05) is 37.5 Å². The van der Waals surface area contributed by atoms with Crippen LogP contribution in [0.4, 0.5) is 0 Å². The summed E-state index contributed by atoms with van der Waals surface area (Å²) >= 11 is 0. The Balaban J connectivity index is 1.65. The minimum atomic E-state index is -0.0569. The molecule has 5 nitrogen and oxygen atoms in total. The Morgan fingerprint density at radius 2 is 2.08 bits per heavy atom. The van der Waals surface area contributed by atoms with Crippen LogP contribution in [0.1, 0.15) is 50.4 Å². The van der Waals surface area contributed by atoms with Crippen molar-refractivity contribution in [2.24, 2.45) is 11.8 Å². The molecule has 1 amide bonds. The third-order valence-electron chi connectivity index (χ3n) is 4.42. The molecule has 0 bridgehead atoms. The molecule has 24 heavy (non-hydrogen) atoms. The predicted octanol–water partition coefficient (Wildman–Crippen LogP) is 2.97. The van der Waals surface area contributed by atoms with Crippen LogP contribution in [-0.4, -0.2) is 48.6 Å². The molecule has 0 radical (unpaired) electrons. The summed E-state index contributed by atoms with van der Waals surface area (Å²) in [5.41, 5.74) is 0.604. The fourth-order valence-corrected chi connectivity index (χ4v) is 3.52. The number of pyridine rings is 1. The van der Waals surface area contributed by atoms with Gasteiger partial charge in [-0.15, -0.1) is 0 Å². The molecule has 2 rings (SSSR count). The molecule has 0 aliphatic carbocycles. The number of carbonyl (C=O) groups excluding carboxylic acids is 1. The molecule has 2 heterocycles. The molecule has 1 fully saturated rings. The van der Waals surface area contributed by atoms with E-state index in [9.17, 15) is 4.79 Å². The van der Waals surface area contributed by atoms with Crippen molar-refractivity contribution in [3.05, 3.63) is 23.9 Å². The molecule has 1 N–H and O–H groups in total. The van der Waals surface area contributed by atoms with Crippen LogP contribution >= 0.6 is 0 Å². The van der Waals surface area contributed by atoms with Gasteiger partial charge in [-0.25, -0.2) is 4.98 Å². The summed E-state index contributed by atoms with van der Waals surface area (Å²) in [6.45, 7) is 11.4. The number of nitrogens with one attached hydrogen (secondary N) is 1. The number of piperidine rings is 1. The third kappa shape index (κ3) is 6.11. The molecular formula is C19H31N3O2. The lowest BCUT2D eigenvalue weighted by Gasteiger charge is -2.34. The Morgan fingerprint density at radius 1 is 1.33 bits per heavy atom. The molecule has 1 aromatic rings. The van der Waals surface area contributed by atoms with Gasteiger partial charge in [0.15, 0.2) is 0 Å². The highest BCUT2D eigenvalue weighted by atomic mass is 16.5. The van der Waals surface area contributed by atoms with Gasteiger partial charge in [0.25, 0.3) is 5.91 Å². The second-order valence-corrected chi connectivity index (χ2v) is 6.98. The number of likely N-dealkylation sites (tertiary alicyclic amines) is 1. The second kappa shape index (κ2) is 9.62. The lowest BCUT2D eigenvalue weighted by atomic mass is 9.92. The Morgan fingerprint density at radius 3 is 2.79 bits per heavy atom. The maximum Gasteiger partial charge on any atom is 0.251 e. The molecule has 1 aliphatic rings. The summed E-state index contributed by atoms with van der Waals surface area (Å²) in [6.07, 6.45) is 5.09. The fourth-order valence-electron chi connectivity index (χ4n) is 3.52. The van der Waals surface area contributed by atoms with E-state index in [1.807, 2.05) is 6.92 Å². The maximum atomic E-state index is 12.1. The number of hydrogen-bond acceptors (Lipinski definition) is 4. The quantitative estimate of drug-likeness (QED) is 0.743. The Labute approximate surface area is 145 Å². The first kappa shape index (κ1) is 18.7. The van der Waals surface area contributed by atoms with Crippen LogP contribution in [0.5, 0.6) is 5.88 Å². The number of aromatic nitrogens is 1. The number of nitrogens with zero attached hydrogens (tertiary/aromatic N) is 2. The van der Waals surface area contributed by atoms with Crippen molar-refractivity contribution in [3.8, 4) is 5.88 Å². The average Bonchev–Trinajstić information content (AvgIpc) is 2.54. The zero-order valence-electron chi connectivity index (χ0n) is 15.3. The summed E-state index contributed by atoms with van der Waals surface area (Å²) in [5, 5.41) is 2.98. The molecule has 0 saturated carbocycles. The van der Waals surface area contributed by atoms with Gasteiger partial charge in [-0.2, -0.15) is 0 Å². The van der Waals surface area contributed by atoms with Crippen LogP contribution in [0, 0.1) is 11.8 Å². The zero-order valence-corrected chi connectivity index (χ0v) is 15.3. The van der Waals surface area contributed by atoms with E-state index in [0.29, 0.717) is 24.6 Å². The van der Waals surface area contributed by atoms with E-state index >= 15 is 0 Å². The second-order valence-electron chi connectivity index (χ2n) is 6.98. The van der Waals surface area contributed by atoms with Gasteiger partial charge in [0.2, 0.25) is 5.88 Å². The van der Waals surface area contributed by atoms with Gasteiger partial charge in [0.1, 0.15) is 0 Å². The SMILES string of the molecule is CCOc1cc(C(=O)NCCCCN2CC(C)CC(C)C2)ccn1. The summed E-state index contributed by atoms with van der Waals surface area (Å²) in [5.74, 6) is 2.05. The minimum absolute atomic E-state index is 0.0569. The molecule has 5 heteroatoms. The first-order valence-corrected chi connectivity index (χ1v) is 9.18. The van der Waals surface area contributed by atoms with Crippen molar-refractivity contribution in [2.45, 2.75) is 40.0 Å². The molecule has 2 unspecified atom stereocenters. The van der Waals surface area contributed by atoms with Gasteiger partial charge in [-0.05, 0) is 50.6 Å². The highest BCUT2D eigenvalue weighted by Gasteiger charge is 2.20. The van der Waals surface area contributed by atoms with Gasteiger partial charge >= 0.3 is 0 Å². The van der Waals surface area contributed by atoms with Crippen LogP contribution in [0.15, 0.2) is 18.3 Å². The molecule has 1 aliphatic heterocycles. The maximum absolute atomic E-state index is 12.1. The fraction of sp³-hybridized carbons (Fsp3) is 0.684. The van der Waals surface area contributed by atoms with Gasteiger partial charge in [0.05, 0.1) is 6.61 Å². The smallest absolute Gasteiger partial charge is 0.251 e. The Kier molecular flexibility index (Phi) is 7.50. The van der Waals surface area contributed by atoms with E-state index in [1.54, 1.807) is 18.3 Å². The third-order valence-corrected chi connectivity index (χ3v) is 4.42. The molecule has 2 atom stereocenters. The Hall–Kier alpha value is -1.62. The van der Waals surface area contributed by atoms with Crippen LogP contribution in [0.25, 0.3) is 0 Å². The van der Waals surface area contributed by atoms with Crippen molar-refractivity contribution in [1.82, 2.24) is 15.2 Å². The number of ether oxygens (including phenoxy) is 1. The molecule has 1 aromatic heterocycles. The van der Waals surface area contributed by atoms with Crippen LogP contribution in [0.3, 0.4) is 0 Å². The summed E-state index contributed by atoms with van der Waals surface area (Å²) in [6, 6.07) is 3.41. The highest BCUT2D eigenvalue weighted by Crippen LogP contribution is 2.20. The molecule has 0 aromatic carbocycles. The van der Waals surface area contributed by atoms with Crippen LogP contribution in [-0.2, 0) is 0 Å². The van der Waals surface area contributed by atoms with Crippen molar-refractivity contribution < 1.29 is 9.53 Å². The number of hydrogen-bond donors (Lipinski definition) is 1. The zero-order chi connectivity index (χ0) is 17.4. The van der Waals surface area contributed by atoms with Gasteiger partial charge in [-0.1, -0.05) is 13.8 Å². The number of rotatable bonds is 8. The largest absolute Gasteiger partial charge is 0.478 e. The lowest BCUT2D eigenvalue weighted by Crippen LogP contribution is -2.39. The van der Waals surface area contributed by atoms with E-state index in [0.717, 1.165) is 31.2 Å². The summed E-state index contributed by atoms with van der Waals surface area (Å²) in [7, 11) is 0. The average molecular weight is 333 g/mol. The normalized spacial score (nSPS) is 21.5. The molecule has 0 spiro atoms. The summed E-state index contributed by atoms with van der Waals surface area (Å²) < 4.78 is 5.33. The first-order chi connectivity index (χ1) is 11.6. The van der Waals surface area contributed by atoms with E-state index in [1.165, 1.54) is 19.5 Å². The molecule has 134 valence electrons. The predicted molar refractivity (Wildman–Crippen MR) is 96.4 cm³/mol. The number of unbranched alkanes of at least 4 members (excludes halogenated alkanes) is 1. The van der Waals surface area contributed by atoms with E-state index in [-0.39, 0.29) is 5.91 Å². The monoisotopic (exact) mass is 333 g/mol. The van der Waals surface area contributed by atoms with Crippen molar-refractivity contribution in [1.29, 1.82) is 0 Å². The summed E-state index contributed by atoms with van der Waals surface area (Å²) in [4.78, 5) is 18.8. The van der Waals surface area contributed by atoms with E-state index in [2.05, 4.69) is 29.0 Å². The number of carbonyl (C=O) groups is 1. The van der Waals surface area contributed by atoms with Crippen LogP contribution < -0.4 is 10.1 Å². The van der Waals surface area contributed by atoms with E-state index < -0.39 is 0 Å². The Bertz CT molecular complexity index is 511. The first-order valence-electron chi connectivity index (χ1n) is 9.18. The molecule has 1 saturated heterocycles. The minimum Gasteiger partial charge on any atom is -0.478 e. The van der Waals surface area contributed by atoms with Gasteiger partial charge < -0.3 is 15.0 Å². The van der Waals surface area contributed by atoms with Gasteiger partial charge in [-0.3, -0.25) is 4.79 Å². The van der Waals surface area contributed by atoms with E-state index in [4.69, 9.17) is 4.74 Å². The topological polar surface area (TPSA) is 54.5 Å². The van der Waals surface area contributed by atoms with Crippen molar-refractivity contribution in [2.75, 3.05) is 32.8 Å². The standard InChI is InChI=1S/C19H31N3O2/c1-4-24-18-12-17(7-9-20-18)19(23)21-8-5-6-10-22-13-15(2)11-16(3)14-22/h7,9,12,15-16H,4-6,8,10-11,13-14H2,1-3H3,(H,21,23). The van der Waals surface area contributed by atoms with Crippen molar-refractivity contribution in [3.63, 3.8) is 0 Å².